The first kappa shape index (κ1) is 18.6. The molecule has 140 valence electrons. The minimum atomic E-state index is 0.306. The van der Waals surface area contributed by atoms with Crippen molar-refractivity contribution >= 4 is 0 Å². The third kappa shape index (κ3) is 4.70. The quantitative estimate of drug-likeness (QED) is 0.764. The first-order valence-electron chi connectivity index (χ1n) is 9.99. The third-order valence-corrected chi connectivity index (χ3v) is 6.32. The molecule has 0 bridgehead atoms. The lowest BCUT2D eigenvalue weighted by Crippen LogP contribution is -2.47. The number of hydrogen-bond acceptors (Lipinski definition) is 5. The summed E-state index contributed by atoms with van der Waals surface area (Å²) in [5.74, 6) is 1.63. The maximum absolute atomic E-state index is 6.38. The Balaban J connectivity index is 1.74. The van der Waals surface area contributed by atoms with Gasteiger partial charge in [-0.2, -0.15) is 0 Å². The van der Waals surface area contributed by atoms with Crippen molar-refractivity contribution < 1.29 is 14.2 Å². The molecule has 24 heavy (non-hydrogen) atoms. The van der Waals surface area contributed by atoms with Gasteiger partial charge in [0.1, 0.15) is 0 Å². The average molecular weight is 341 g/mol. The van der Waals surface area contributed by atoms with E-state index >= 15 is 0 Å². The van der Waals surface area contributed by atoms with Gasteiger partial charge in [-0.3, -0.25) is 0 Å². The third-order valence-electron chi connectivity index (χ3n) is 6.32. The average Bonchev–Trinajstić information content (AvgIpc) is 2.55. The second-order valence-corrected chi connectivity index (χ2v) is 8.09. The lowest BCUT2D eigenvalue weighted by molar-refractivity contribution is -0.106. The van der Waals surface area contributed by atoms with Crippen molar-refractivity contribution in [2.75, 3.05) is 26.4 Å². The molecule has 0 radical (unpaired) electrons. The number of ether oxygens (including phenoxy) is 3. The molecule has 5 nitrogen and oxygen atoms in total. The molecule has 7 unspecified atom stereocenters. The van der Waals surface area contributed by atoms with Gasteiger partial charge < -0.3 is 25.7 Å². The minimum absolute atomic E-state index is 0.306. The predicted molar refractivity (Wildman–Crippen MR) is 94.7 cm³/mol. The van der Waals surface area contributed by atoms with Crippen molar-refractivity contribution in [3.05, 3.63) is 0 Å². The second kappa shape index (κ2) is 8.95. The fourth-order valence-electron chi connectivity index (χ4n) is 5.16. The Morgan fingerprint density at radius 3 is 2.33 bits per heavy atom. The van der Waals surface area contributed by atoms with Gasteiger partial charge in [-0.05, 0) is 56.3 Å². The molecule has 3 rings (SSSR count). The summed E-state index contributed by atoms with van der Waals surface area (Å²) in [6.07, 6.45) is 8.30. The fraction of sp³-hybridized carbons (Fsp3) is 1.00. The fourth-order valence-corrected chi connectivity index (χ4v) is 5.16. The van der Waals surface area contributed by atoms with E-state index in [-0.39, 0.29) is 0 Å². The van der Waals surface area contributed by atoms with Gasteiger partial charge in [0, 0.05) is 12.1 Å². The first-order chi connectivity index (χ1) is 11.7. The summed E-state index contributed by atoms with van der Waals surface area (Å²) in [6, 6.07) is 0.623. The summed E-state index contributed by atoms with van der Waals surface area (Å²) in [7, 11) is 0. The van der Waals surface area contributed by atoms with Crippen molar-refractivity contribution in [1.82, 2.24) is 0 Å². The summed E-state index contributed by atoms with van der Waals surface area (Å²) >= 11 is 0. The predicted octanol–water partition coefficient (Wildman–Crippen LogP) is 2.07. The maximum atomic E-state index is 6.38. The van der Waals surface area contributed by atoms with Crippen molar-refractivity contribution in [3.8, 4) is 0 Å². The van der Waals surface area contributed by atoms with E-state index in [0.717, 1.165) is 44.9 Å². The summed E-state index contributed by atoms with van der Waals surface area (Å²) in [5, 5.41) is 0. The molecule has 2 saturated carbocycles. The van der Waals surface area contributed by atoms with Crippen LogP contribution in [0.2, 0.25) is 0 Å². The molecule has 0 aromatic carbocycles. The van der Waals surface area contributed by atoms with Crippen LogP contribution < -0.4 is 11.5 Å². The Kier molecular flexibility index (Phi) is 6.93. The van der Waals surface area contributed by atoms with Gasteiger partial charge in [-0.15, -0.1) is 0 Å². The number of fused-ring (bicyclic) bond motifs is 2. The molecule has 0 spiro atoms. The highest BCUT2D eigenvalue weighted by atomic mass is 16.5. The smallest absolute Gasteiger partial charge is 0.0704 e. The lowest BCUT2D eigenvalue weighted by Gasteiger charge is -2.44. The SMILES string of the molecule is CCC1CC(N)CC2CC3CC(N)CCC3OCCOCCOC12. The zero-order valence-electron chi connectivity index (χ0n) is 15.2. The van der Waals surface area contributed by atoms with E-state index in [4.69, 9.17) is 25.7 Å². The zero-order chi connectivity index (χ0) is 16.9. The van der Waals surface area contributed by atoms with Gasteiger partial charge in [-0.1, -0.05) is 13.3 Å². The van der Waals surface area contributed by atoms with Crippen LogP contribution in [0.25, 0.3) is 0 Å². The van der Waals surface area contributed by atoms with E-state index in [9.17, 15) is 0 Å². The molecule has 2 aliphatic carbocycles. The van der Waals surface area contributed by atoms with Crippen molar-refractivity contribution in [2.24, 2.45) is 29.2 Å². The monoisotopic (exact) mass is 340 g/mol. The van der Waals surface area contributed by atoms with Crippen LogP contribution in [0.1, 0.15) is 51.9 Å². The molecule has 5 heteroatoms. The molecule has 0 aromatic heterocycles. The molecule has 1 aliphatic heterocycles. The largest absolute Gasteiger partial charge is 0.377 e. The van der Waals surface area contributed by atoms with E-state index in [1.807, 2.05) is 0 Å². The van der Waals surface area contributed by atoms with Gasteiger partial charge in [0.2, 0.25) is 0 Å². The van der Waals surface area contributed by atoms with Crippen LogP contribution in [-0.4, -0.2) is 50.7 Å². The van der Waals surface area contributed by atoms with Crippen molar-refractivity contribution in [2.45, 2.75) is 76.2 Å². The standard InChI is InChI=1S/C19H36N2O3/c1-2-13-10-17(21)12-15-9-14-11-16(20)3-4-18(14)23-7-5-22-6-8-24-19(13)15/h13-19H,2-12,20-21H2,1H3. The molecule has 1 saturated heterocycles. The van der Waals surface area contributed by atoms with E-state index < -0.39 is 0 Å². The summed E-state index contributed by atoms with van der Waals surface area (Å²) in [4.78, 5) is 0. The van der Waals surface area contributed by atoms with Gasteiger partial charge in [0.15, 0.2) is 0 Å². The van der Waals surface area contributed by atoms with Crippen LogP contribution in [0.3, 0.4) is 0 Å². The molecule has 3 fully saturated rings. The summed E-state index contributed by atoms with van der Waals surface area (Å²) < 4.78 is 18.2. The van der Waals surface area contributed by atoms with E-state index in [2.05, 4.69) is 6.92 Å². The molecular formula is C19H36N2O3. The molecule has 0 aromatic rings. The number of hydrogen-bond donors (Lipinski definition) is 2. The van der Waals surface area contributed by atoms with Crippen molar-refractivity contribution in [1.29, 1.82) is 0 Å². The molecule has 1 heterocycles. The van der Waals surface area contributed by atoms with E-state index in [1.54, 1.807) is 0 Å². The van der Waals surface area contributed by atoms with Gasteiger partial charge >= 0.3 is 0 Å². The molecule has 0 amide bonds. The van der Waals surface area contributed by atoms with E-state index in [1.165, 1.54) is 0 Å². The number of nitrogens with two attached hydrogens (primary N) is 2. The maximum Gasteiger partial charge on any atom is 0.0704 e. The van der Waals surface area contributed by atoms with Crippen molar-refractivity contribution in [3.63, 3.8) is 0 Å². The first-order valence-corrected chi connectivity index (χ1v) is 9.99. The Morgan fingerprint density at radius 1 is 0.792 bits per heavy atom. The van der Waals surface area contributed by atoms with Gasteiger partial charge in [0.25, 0.3) is 0 Å². The Bertz CT molecular complexity index is 382. The Labute approximate surface area is 146 Å². The normalized spacial score (nSPS) is 45.4. The summed E-state index contributed by atoms with van der Waals surface area (Å²) in [6.45, 7) is 4.95. The van der Waals surface area contributed by atoms with E-state index in [0.29, 0.717) is 68.5 Å². The molecule has 4 N–H and O–H groups in total. The highest BCUT2D eigenvalue weighted by Gasteiger charge is 2.40. The van der Waals surface area contributed by atoms with Gasteiger partial charge in [-0.25, -0.2) is 0 Å². The molecule has 7 atom stereocenters. The van der Waals surface area contributed by atoms with Crippen LogP contribution in [0, 0.1) is 17.8 Å². The highest BCUT2D eigenvalue weighted by Crippen LogP contribution is 2.40. The van der Waals surface area contributed by atoms with Crippen LogP contribution in [0.15, 0.2) is 0 Å². The lowest BCUT2D eigenvalue weighted by atomic mass is 9.69. The van der Waals surface area contributed by atoms with Crippen LogP contribution in [0.4, 0.5) is 0 Å². The summed E-state index contributed by atoms with van der Waals surface area (Å²) in [5.41, 5.74) is 12.7. The Hall–Kier alpha value is -0.200. The topological polar surface area (TPSA) is 79.7 Å². The zero-order valence-corrected chi connectivity index (χ0v) is 15.2. The highest BCUT2D eigenvalue weighted by molar-refractivity contribution is 4.92. The van der Waals surface area contributed by atoms with Gasteiger partial charge in [0.05, 0.1) is 38.6 Å². The van der Waals surface area contributed by atoms with Crippen LogP contribution in [0.5, 0.6) is 0 Å². The minimum Gasteiger partial charge on any atom is -0.377 e. The number of rotatable bonds is 1. The Morgan fingerprint density at radius 2 is 1.54 bits per heavy atom. The second-order valence-electron chi connectivity index (χ2n) is 8.09. The molecular weight excluding hydrogens is 304 g/mol. The van der Waals surface area contributed by atoms with Crippen LogP contribution in [-0.2, 0) is 14.2 Å². The van der Waals surface area contributed by atoms with Crippen LogP contribution >= 0.6 is 0 Å². The molecule has 3 aliphatic rings.